The van der Waals surface area contributed by atoms with Crippen LogP contribution in [-0.4, -0.2) is 0 Å². The number of hydrogen-bond acceptors (Lipinski definition) is 0. The first-order valence-electron chi connectivity index (χ1n) is 2.47. The molecule has 0 bridgehead atoms. The zero-order chi connectivity index (χ0) is 4.24. The molecule has 0 nitrogen and oxygen atoms in total. The Kier molecular flexibility index (Phi) is 4.58. The molecule has 0 heterocycles. The summed E-state index contributed by atoms with van der Waals surface area (Å²) in [5.41, 5.74) is 0. The van der Waals surface area contributed by atoms with E-state index in [2.05, 4.69) is 18.6 Å². The van der Waals surface area contributed by atoms with Crippen molar-refractivity contribution in [3.63, 3.8) is 0 Å². The van der Waals surface area contributed by atoms with Gasteiger partial charge in [0.25, 0.3) is 0 Å². The maximum absolute atomic E-state index is 2.31. The van der Waals surface area contributed by atoms with Crippen LogP contribution in [0.3, 0.4) is 0 Å². The first-order valence-corrected chi connectivity index (χ1v) is 2.47. The fourth-order valence-electron chi connectivity index (χ4n) is 0.642. The molecule has 0 saturated heterocycles. The molecule has 0 atom stereocenters. The molecule has 7 heavy (non-hydrogen) atoms. The molecule has 0 amide bonds. The Hall–Kier alpha value is 0.259. The molecule has 0 N–H and O–H groups in total. The van der Waals surface area contributed by atoms with E-state index in [4.69, 9.17) is 0 Å². The summed E-state index contributed by atoms with van der Waals surface area (Å²) >= 11 is 0. The summed E-state index contributed by atoms with van der Waals surface area (Å²) < 4.78 is 0. The molecule has 1 heteroatoms. The van der Waals surface area contributed by atoms with E-state index in [1.54, 1.807) is 0 Å². The van der Waals surface area contributed by atoms with E-state index in [1.165, 1.54) is 19.3 Å². The standard InChI is InChI=1S/C6H9.Mn/c1-2-4-6-5-3-1;/h1-2,5H,3-4,6H2;/q-1;. The van der Waals surface area contributed by atoms with Gasteiger partial charge in [0.15, 0.2) is 0 Å². The summed E-state index contributed by atoms with van der Waals surface area (Å²) in [7, 11) is 0. The Morgan fingerprint density at radius 1 is 1.29 bits per heavy atom. The van der Waals surface area contributed by atoms with E-state index in [1.807, 2.05) is 0 Å². The maximum atomic E-state index is 2.31. The minimum Gasteiger partial charge on any atom is -0.325 e. The van der Waals surface area contributed by atoms with E-state index < -0.39 is 0 Å². The predicted molar refractivity (Wildman–Crippen MR) is 27.3 cm³/mol. The molecule has 41 valence electrons. The van der Waals surface area contributed by atoms with E-state index >= 15 is 0 Å². The summed E-state index contributed by atoms with van der Waals surface area (Å²) in [4.78, 5) is 0. The quantitative estimate of drug-likeness (QED) is 0.271. The van der Waals surface area contributed by atoms with Crippen LogP contribution in [0.25, 0.3) is 0 Å². The first kappa shape index (κ1) is 7.26. The second-order valence-corrected chi connectivity index (χ2v) is 1.57. The summed E-state index contributed by atoms with van der Waals surface area (Å²) in [6.45, 7) is 0. The van der Waals surface area contributed by atoms with Crippen molar-refractivity contribution in [3.8, 4) is 0 Å². The molecular weight excluding hydrogens is 127 g/mol. The number of allylic oxidation sites excluding steroid dienone is 2. The molecule has 0 aromatic carbocycles. The SMILES string of the molecule is C1=CCC[CH-]C1.[Mn]. The Morgan fingerprint density at radius 2 is 2.14 bits per heavy atom. The number of hydrogen-bond donors (Lipinski definition) is 0. The molecule has 1 rings (SSSR count). The van der Waals surface area contributed by atoms with E-state index in [0.717, 1.165) is 0 Å². The molecule has 0 fully saturated rings. The fraction of sp³-hybridized carbons (Fsp3) is 0.500. The predicted octanol–water partition coefficient (Wildman–Crippen LogP) is 1.93. The van der Waals surface area contributed by atoms with Gasteiger partial charge in [-0.3, -0.25) is 0 Å². The first-order chi connectivity index (χ1) is 3.00. The van der Waals surface area contributed by atoms with Crippen LogP contribution in [0.4, 0.5) is 0 Å². The largest absolute Gasteiger partial charge is 0.325 e. The third kappa shape index (κ3) is 2.90. The summed E-state index contributed by atoms with van der Waals surface area (Å²) in [6.07, 6.45) is 10.5. The van der Waals surface area contributed by atoms with Crippen LogP contribution in [0, 0.1) is 6.42 Å². The fourth-order valence-corrected chi connectivity index (χ4v) is 0.642. The van der Waals surface area contributed by atoms with Gasteiger partial charge >= 0.3 is 0 Å². The average molecular weight is 136 g/mol. The van der Waals surface area contributed by atoms with Crippen molar-refractivity contribution >= 4 is 0 Å². The molecule has 0 aliphatic heterocycles. The molecule has 0 spiro atoms. The van der Waals surface area contributed by atoms with E-state index in [0.29, 0.717) is 0 Å². The minimum atomic E-state index is 0. The third-order valence-electron chi connectivity index (χ3n) is 1.01. The van der Waals surface area contributed by atoms with Crippen LogP contribution in [0.2, 0.25) is 0 Å². The van der Waals surface area contributed by atoms with Gasteiger partial charge in [0, 0.05) is 17.1 Å². The van der Waals surface area contributed by atoms with Crippen molar-refractivity contribution in [3.05, 3.63) is 18.6 Å². The van der Waals surface area contributed by atoms with Gasteiger partial charge in [-0.1, -0.05) is 12.5 Å². The molecule has 1 aliphatic carbocycles. The Bertz CT molecular complexity index is 49.2. The smallest absolute Gasteiger partial charge is 0 e. The zero-order valence-electron chi connectivity index (χ0n) is 4.23. The molecule has 0 aromatic rings. The molecular formula is C6H9Mn-. The normalized spacial score (nSPS) is 18.3. The summed E-state index contributed by atoms with van der Waals surface area (Å²) in [6, 6.07) is 0. The minimum absolute atomic E-state index is 0. The second-order valence-electron chi connectivity index (χ2n) is 1.57. The Morgan fingerprint density at radius 3 is 2.29 bits per heavy atom. The van der Waals surface area contributed by atoms with Crippen LogP contribution >= 0.6 is 0 Å². The van der Waals surface area contributed by atoms with E-state index in [-0.39, 0.29) is 17.1 Å². The maximum Gasteiger partial charge on any atom is 0 e. The van der Waals surface area contributed by atoms with Gasteiger partial charge < -0.3 is 6.42 Å². The van der Waals surface area contributed by atoms with Gasteiger partial charge in [-0.2, -0.15) is 12.8 Å². The van der Waals surface area contributed by atoms with Gasteiger partial charge in [0.1, 0.15) is 0 Å². The van der Waals surface area contributed by atoms with Crippen molar-refractivity contribution in [2.24, 2.45) is 0 Å². The van der Waals surface area contributed by atoms with Gasteiger partial charge in [-0.25, -0.2) is 0 Å². The Balaban J connectivity index is 0.000000360. The summed E-state index contributed by atoms with van der Waals surface area (Å²) in [5, 5.41) is 0. The van der Waals surface area contributed by atoms with Gasteiger partial charge in [-0.15, -0.1) is 6.08 Å². The van der Waals surface area contributed by atoms with Crippen LogP contribution in [0.15, 0.2) is 12.2 Å². The van der Waals surface area contributed by atoms with Crippen LogP contribution < -0.4 is 0 Å². The van der Waals surface area contributed by atoms with Gasteiger partial charge in [-0.05, 0) is 0 Å². The van der Waals surface area contributed by atoms with Crippen molar-refractivity contribution in [2.45, 2.75) is 19.3 Å². The van der Waals surface area contributed by atoms with Crippen LogP contribution in [0.1, 0.15) is 19.3 Å². The van der Waals surface area contributed by atoms with E-state index in [9.17, 15) is 0 Å². The molecule has 1 radical (unpaired) electrons. The molecule has 0 unspecified atom stereocenters. The van der Waals surface area contributed by atoms with Crippen LogP contribution in [-0.2, 0) is 17.1 Å². The topological polar surface area (TPSA) is 0 Å². The average Bonchev–Trinajstić information content (AvgIpc) is 1.72. The van der Waals surface area contributed by atoms with Crippen molar-refractivity contribution in [2.75, 3.05) is 0 Å². The number of rotatable bonds is 0. The molecule has 0 aromatic heterocycles. The second kappa shape index (κ2) is 4.42. The molecule has 1 aliphatic rings. The van der Waals surface area contributed by atoms with Gasteiger partial charge in [0.2, 0.25) is 0 Å². The van der Waals surface area contributed by atoms with Crippen molar-refractivity contribution < 1.29 is 17.1 Å². The van der Waals surface area contributed by atoms with Crippen LogP contribution in [0.5, 0.6) is 0 Å². The monoisotopic (exact) mass is 136 g/mol. The third-order valence-corrected chi connectivity index (χ3v) is 1.01. The van der Waals surface area contributed by atoms with Crippen molar-refractivity contribution in [1.82, 2.24) is 0 Å². The zero-order valence-corrected chi connectivity index (χ0v) is 5.41. The summed E-state index contributed by atoms with van der Waals surface area (Å²) in [5.74, 6) is 0. The Labute approximate surface area is 55.5 Å². The van der Waals surface area contributed by atoms with Crippen molar-refractivity contribution in [1.29, 1.82) is 0 Å². The van der Waals surface area contributed by atoms with Gasteiger partial charge in [0.05, 0.1) is 0 Å². The molecule has 0 saturated carbocycles.